The van der Waals surface area contributed by atoms with E-state index < -0.39 is 10.0 Å². The van der Waals surface area contributed by atoms with Crippen LogP contribution >= 0.6 is 0 Å². The SMILES string of the molecule is COc1ccc(S(=O)(=O)N2CCc3c(noc3-c3ccc(F)cc3)C2)cc1OC. The van der Waals surface area contributed by atoms with E-state index in [4.69, 9.17) is 14.0 Å². The largest absolute Gasteiger partial charge is 0.493 e. The van der Waals surface area contributed by atoms with Crippen molar-refractivity contribution >= 4 is 10.0 Å². The van der Waals surface area contributed by atoms with Gasteiger partial charge in [-0.3, -0.25) is 0 Å². The lowest BCUT2D eigenvalue weighted by molar-refractivity contribution is 0.352. The fourth-order valence-electron chi connectivity index (χ4n) is 3.37. The Balaban J connectivity index is 1.62. The number of hydrogen-bond donors (Lipinski definition) is 0. The topological polar surface area (TPSA) is 81.9 Å². The van der Waals surface area contributed by atoms with Crippen LogP contribution in [-0.2, 0) is 23.0 Å². The second-order valence-corrected chi connectivity index (χ2v) is 8.49. The van der Waals surface area contributed by atoms with E-state index in [0.717, 1.165) is 5.56 Å². The van der Waals surface area contributed by atoms with Gasteiger partial charge in [0.25, 0.3) is 0 Å². The molecule has 3 aromatic rings. The zero-order valence-electron chi connectivity index (χ0n) is 15.9. The number of ether oxygens (including phenoxy) is 2. The van der Waals surface area contributed by atoms with Crippen LogP contribution in [0.15, 0.2) is 51.9 Å². The Labute approximate surface area is 167 Å². The summed E-state index contributed by atoms with van der Waals surface area (Å²) in [6.07, 6.45) is 0.443. The zero-order chi connectivity index (χ0) is 20.6. The van der Waals surface area contributed by atoms with E-state index in [0.29, 0.717) is 34.9 Å². The molecule has 0 radical (unpaired) electrons. The molecule has 0 aliphatic carbocycles. The van der Waals surface area contributed by atoms with Crippen molar-refractivity contribution < 1.29 is 26.8 Å². The van der Waals surface area contributed by atoms with Crippen molar-refractivity contribution in [3.8, 4) is 22.8 Å². The van der Waals surface area contributed by atoms with Gasteiger partial charge >= 0.3 is 0 Å². The minimum Gasteiger partial charge on any atom is -0.493 e. The molecule has 9 heteroatoms. The van der Waals surface area contributed by atoms with E-state index in [2.05, 4.69) is 5.16 Å². The third-order valence-corrected chi connectivity index (χ3v) is 6.75. The summed E-state index contributed by atoms with van der Waals surface area (Å²) in [5.41, 5.74) is 2.10. The smallest absolute Gasteiger partial charge is 0.243 e. The average Bonchev–Trinajstić information content (AvgIpc) is 3.17. The minimum absolute atomic E-state index is 0.0940. The molecule has 1 aliphatic rings. The first-order valence-corrected chi connectivity index (χ1v) is 10.3. The van der Waals surface area contributed by atoms with E-state index in [1.165, 1.54) is 42.8 Å². The van der Waals surface area contributed by atoms with E-state index in [9.17, 15) is 12.8 Å². The van der Waals surface area contributed by atoms with Crippen LogP contribution in [0.5, 0.6) is 11.5 Å². The first-order valence-electron chi connectivity index (χ1n) is 8.89. The molecule has 0 saturated heterocycles. The maximum atomic E-state index is 13.2. The predicted molar refractivity (Wildman–Crippen MR) is 103 cm³/mol. The van der Waals surface area contributed by atoms with Crippen LogP contribution in [0.25, 0.3) is 11.3 Å². The number of halogens is 1. The molecule has 0 saturated carbocycles. The molecule has 7 nitrogen and oxygen atoms in total. The quantitative estimate of drug-likeness (QED) is 0.633. The van der Waals surface area contributed by atoms with Crippen LogP contribution in [0, 0.1) is 5.82 Å². The van der Waals surface area contributed by atoms with Crippen LogP contribution in [0.2, 0.25) is 0 Å². The number of rotatable bonds is 5. The summed E-state index contributed by atoms with van der Waals surface area (Å²) in [5.74, 6) is 0.997. The van der Waals surface area contributed by atoms with Gasteiger partial charge in [-0.1, -0.05) is 5.16 Å². The van der Waals surface area contributed by atoms with Gasteiger partial charge in [-0.05, 0) is 42.8 Å². The van der Waals surface area contributed by atoms with Crippen LogP contribution in [-0.4, -0.2) is 38.6 Å². The molecule has 0 atom stereocenters. The molecule has 0 spiro atoms. The lowest BCUT2D eigenvalue weighted by atomic mass is 10.0. The van der Waals surface area contributed by atoms with Gasteiger partial charge in [-0.2, -0.15) is 4.31 Å². The van der Waals surface area contributed by atoms with Crippen molar-refractivity contribution in [2.24, 2.45) is 0 Å². The zero-order valence-corrected chi connectivity index (χ0v) is 16.7. The van der Waals surface area contributed by atoms with Crippen LogP contribution in [0.4, 0.5) is 4.39 Å². The Morgan fingerprint density at radius 3 is 2.48 bits per heavy atom. The third-order valence-electron chi connectivity index (χ3n) is 4.91. The summed E-state index contributed by atoms with van der Waals surface area (Å²) in [6.45, 7) is 0.371. The molecule has 0 unspecified atom stereocenters. The molecule has 4 rings (SSSR count). The minimum atomic E-state index is -3.76. The number of sulfonamides is 1. The molecule has 2 aromatic carbocycles. The van der Waals surface area contributed by atoms with Crippen molar-refractivity contribution in [3.63, 3.8) is 0 Å². The van der Waals surface area contributed by atoms with E-state index >= 15 is 0 Å². The number of hydrogen-bond acceptors (Lipinski definition) is 6. The third kappa shape index (κ3) is 3.47. The van der Waals surface area contributed by atoms with Crippen molar-refractivity contribution in [1.29, 1.82) is 0 Å². The van der Waals surface area contributed by atoms with Crippen LogP contribution in [0.1, 0.15) is 11.3 Å². The van der Waals surface area contributed by atoms with Gasteiger partial charge in [-0.15, -0.1) is 0 Å². The normalized spacial score (nSPS) is 14.4. The summed E-state index contributed by atoms with van der Waals surface area (Å²) in [6, 6.07) is 10.4. The van der Waals surface area contributed by atoms with Crippen LogP contribution in [0.3, 0.4) is 0 Å². The maximum absolute atomic E-state index is 13.2. The highest BCUT2D eigenvalue weighted by Crippen LogP contribution is 2.34. The summed E-state index contributed by atoms with van der Waals surface area (Å²) >= 11 is 0. The number of aromatic nitrogens is 1. The van der Waals surface area contributed by atoms with Gasteiger partial charge in [0.15, 0.2) is 17.3 Å². The first-order chi connectivity index (χ1) is 13.9. The molecule has 0 N–H and O–H groups in total. The Kier molecular flexibility index (Phi) is 5.01. The number of fused-ring (bicyclic) bond motifs is 1. The summed E-state index contributed by atoms with van der Waals surface area (Å²) in [4.78, 5) is 0.112. The number of nitrogens with zero attached hydrogens (tertiary/aromatic N) is 2. The lowest BCUT2D eigenvalue weighted by Crippen LogP contribution is -2.36. The Hall–Kier alpha value is -2.91. The van der Waals surface area contributed by atoms with Gasteiger partial charge in [0.1, 0.15) is 11.5 Å². The molecule has 0 fully saturated rings. The monoisotopic (exact) mass is 418 g/mol. The second kappa shape index (κ2) is 7.49. The summed E-state index contributed by atoms with van der Waals surface area (Å²) in [7, 11) is -0.817. The van der Waals surface area contributed by atoms with Gasteiger partial charge in [0.2, 0.25) is 10.0 Å². The molecule has 0 amide bonds. The Morgan fingerprint density at radius 2 is 1.79 bits per heavy atom. The highest BCUT2D eigenvalue weighted by molar-refractivity contribution is 7.89. The van der Waals surface area contributed by atoms with Crippen molar-refractivity contribution in [3.05, 3.63) is 59.5 Å². The Morgan fingerprint density at radius 1 is 1.07 bits per heavy atom. The second-order valence-electron chi connectivity index (χ2n) is 6.55. The fourth-order valence-corrected chi connectivity index (χ4v) is 4.78. The number of methoxy groups -OCH3 is 2. The maximum Gasteiger partial charge on any atom is 0.243 e. The first kappa shape index (κ1) is 19.4. The van der Waals surface area contributed by atoms with Crippen molar-refractivity contribution in [2.75, 3.05) is 20.8 Å². The van der Waals surface area contributed by atoms with Gasteiger partial charge in [0.05, 0.1) is 25.7 Å². The van der Waals surface area contributed by atoms with Gasteiger partial charge in [-0.25, -0.2) is 12.8 Å². The number of benzene rings is 2. The standard InChI is InChI=1S/C20H19FN2O5S/c1-26-18-8-7-15(11-19(18)27-2)29(24,25)23-10-9-16-17(12-23)22-28-20(16)13-3-5-14(21)6-4-13/h3-8,11H,9-10,12H2,1-2H3. The average molecular weight is 418 g/mol. The molecule has 2 heterocycles. The highest BCUT2D eigenvalue weighted by Gasteiger charge is 2.32. The summed E-state index contributed by atoms with van der Waals surface area (Å²) < 4.78 is 56.6. The Bertz CT molecular complexity index is 1140. The van der Waals surface area contributed by atoms with Gasteiger partial charge < -0.3 is 14.0 Å². The predicted octanol–water partition coefficient (Wildman–Crippen LogP) is 3.24. The van der Waals surface area contributed by atoms with E-state index in [1.54, 1.807) is 18.2 Å². The van der Waals surface area contributed by atoms with Gasteiger partial charge in [0, 0.05) is 23.7 Å². The summed E-state index contributed by atoms with van der Waals surface area (Å²) in [5, 5.41) is 4.05. The van der Waals surface area contributed by atoms with Crippen molar-refractivity contribution in [2.45, 2.75) is 17.9 Å². The molecule has 1 aliphatic heterocycles. The molecule has 0 bridgehead atoms. The lowest BCUT2D eigenvalue weighted by Gasteiger charge is -2.25. The van der Waals surface area contributed by atoms with E-state index in [1.807, 2.05) is 0 Å². The molecule has 1 aromatic heterocycles. The molecular weight excluding hydrogens is 399 g/mol. The van der Waals surface area contributed by atoms with Crippen molar-refractivity contribution in [1.82, 2.24) is 9.46 Å². The van der Waals surface area contributed by atoms with E-state index in [-0.39, 0.29) is 23.8 Å². The molecule has 152 valence electrons. The fraction of sp³-hybridized carbons (Fsp3) is 0.250. The highest BCUT2D eigenvalue weighted by atomic mass is 32.2. The molecule has 29 heavy (non-hydrogen) atoms. The molecular formula is C20H19FN2O5S. The van der Waals surface area contributed by atoms with Crippen LogP contribution < -0.4 is 9.47 Å².